The Morgan fingerprint density at radius 1 is 0.832 bits per heavy atom. The summed E-state index contributed by atoms with van der Waals surface area (Å²) in [5.41, 5.74) is 5.47. The van der Waals surface area contributed by atoms with Crippen LogP contribution in [0.3, 0.4) is 0 Å². The van der Waals surface area contributed by atoms with Crippen LogP contribution < -0.4 is 24.6 Å². The van der Waals surface area contributed by atoms with Crippen LogP contribution in [-0.4, -0.2) is 176 Å². The van der Waals surface area contributed by atoms with Crippen molar-refractivity contribution >= 4 is 76.8 Å². The van der Waals surface area contributed by atoms with E-state index in [-0.39, 0.29) is 83.4 Å². The molecule has 2 aromatic heterocycles. The fourth-order valence-corrected chi connectivity index (χ4v) is 22.9. The van der Waals surface area contributed by atoms with Crippen molar-refractivity contribution < 1.29 is 46.9 Å². The number of carbonyl (C=O) groups excluding carboxylic acids is 4. The summed E-state index contributed by atoms with van der Waals surface area (Å²) >= 11 is 6.51. The van der Waals surface area contributed by atoms with Crippen LogP contribution in [0.1, 0.15) is 155 Å². The second-order valence-electron chi connectivity index (χ2n) is 30.8. The topological polar surface area (TPSA) is 175 Å². The lowest BCUT2D eigenvalue weighted by molar-refractivity contribution is -0.120. The first-order chi connectivity index (χ1) is 45.3. The number of benzene rings is 3. The summed E-state index contributed by atoms with van der Waals surface area (Å²) in [6.45, 7) is 25.7. The molecule has 508 valence electrons. The maximum absolute atomic E-state index is 18.3. The van der Waals surface area contributed by atoms with Crippen molar-refractivity contribution in [3.05, 3.63) is 76.4 Å². The van der Waals surface area contributed by atoms with Crippen molar-refractivity contribution in [1.29, 1.82) is 0 Å². The van der Waals surface area contributed by atoms with Gasteiger partial charge in [0.2, 0.25) is 5.91 Å². The Morgan fingerprint density at radius 2 is 1.53 bits per heavy atom. The average molecular weight is 1340 g/mol. The molecule has 5 aromatic rings. The number of nitrogens with zero attached hydrogens (tertiary/aromatic N) is 9. The number of anilines is 2. The summed E-state index contributed by atoms with van der Waals surface area (Å²) < 4.78 is 59.0. The second-order valence-corrected chi connectivity index (χ2v) is 36.7. The van der Waals surface area contributed by atoms with Gasteiger partial charge in [0.1, 0.15) is 42.3 Å². The Hall–Kier alpha value is -6.70. The number of fused-ring (bicyclic) bond motifs is 6. The van der Waals surface area contributed by atoms with Gasteiger partial charge in [-0.1, -0.05) is 65.1 Å². The molecule has 7 saturated heterocycles. The zero-order valence-electron chi connectivity index (χ0n) is 56.9. The third-order valence-corrected chi connectivity index (χ3v) is 29.3. The largest absolute Gasteiger partial charge is 0.468 e. The lowest BCUT2D eigenvalue weighted by Gasteiger charge is -2.58. The molecule has 4 bridgehead atoms. The Balaban J connectivity index is 0.705. The molecule has 22 heteroatoms. The number of aromatic nitrogens is 3. The quantitative estimate of drug-likeness (QED) is 0.0529. The van der Waals surface area contributed by atoms with Gasteiger partial charge in [-0.2, -0.15) is 9.97 Å². The number of halogens is 3. The van der Waals surface area contributed by atoms with E-state index >= 15 is 8.78 Å². The molecule has 2 saturated carbocycles. The molecule has 4 unspecified atom stereocenters. The van der Waals surface area contributed by atoms with E-state index in [1.54, 1.807) is 42.6 Å². The van der Waals surface area contributed by atoms with E-state index in [1.807, 2.05) is 30.6 Å². The number of piperidine rings is 2. The molecule has 3 aromatic carbocycles. The second kappa shape index (κ2) is 26.3. The molecule has 1 N–H and O–H groups in total. The summed E-state index contributed by atoms with van der Waals surface area (Å²) in [4.78, 5) is 79.8. The van der Waals surface area contributed by atoms with Gasteiger partial charge in [0.05, 0.1) is 40.4 Å². The smallest absolute Gasteiger partial charge is 0.410 e. The summed E-state index contributed by atoms with van der Waals surface area (Å²) in [6.07, 6.45) is 12.9. The van der Waals surface area contributed by atoms with Gasteiger partial charge in [-0.15, -0.1) is 5.54 Å². The highest BCUT2D eigenvalue weighted by Crippen LogP contribution is 2.51. The van der Waals surface area contributed by atoms with Crippen molar-refractivity contribution in [3.8, 4) is 34.5 Å². The van der Waals surface area contributed by atoms with Gasteiger partial charge in [0.25, 0.3) is 5.91 Å². The predicted molar refractivity (Wildman–Crippen MR) is 367 cm³/mol. The monoisotopic (exact) mass is 1340 g/mol. The Labute approximate surface area is 563 Å². The minimum absolute atomic E-state index is 0.0212. The molecular weight excluding hydrogens is 1250 g/mol. The maximum atomic E-state index is 18.3. The minimum atomic E-state index is -2.36. The van der Waals surface area contributed by atoms with Crippen LogP contribution >= 0.6 is 11.6 Å². The molecule has 9 fully saturated rings. The fraction of sp³-hybridized carbons (Fsp3) is 0.603. The molecule has 5 amide bonds. The van der Waals surface area contributed by atoms with Crippen molar-refractivity contribution in [2.24, 2.45) is 16.7 Å². The van der Waals surface area contributed by atoms with E-state index in [1.165, 1.54) is 50.2 Å². The number of likely N-dealkylation sites (tertiary alicyclic amines) is 1. The number of hydrogen-bond acceptors (Lipinski definition) is 14. The number of hydrogen-bond donors (Lipinski definition) is 1. The third kappa shape index (κ3) is 13.2. The molecule has 14 rings (SSSR count). The van der Waals surface area contributed by atoms with Crippen LogP contribution in [0.5, 0.6) is 11.8 Å². The molecule has 95 heavy (non-hydrogen) atoms. The standard InChI is InChI=1S/C73H93ClF2N10O8Si/c1-44(2)95(45(3)4,46(5)6)30-20-55-59(75)16-12-48-31-54(93-43-91-10)34-56(62(48)55)64-63(76)65-57(35-77-64)66(83-39-50-13-14-51(40-83)86(50)70(90)94-71(7,8)9)80-68(79-65)92-42-73(23-24-73)41-81-37-52-33-53(38-81)85(52)36-47-17-21-72(22-18-47)25-28-82(29-26-72)67(88)49-11-15-58(74)60(32-49)84-27-19-61(87)78-69(84)89/h11-12,15-16,31-32,34-35,44-47,50-53H,13-14,17-19,21-29,33,36-43H2,1-10H3,(H,78,87,89). The number of imide groups is 1. The number of amides is 5. The van der Waals surface area contributed by atoms with Gasteiger partial charge in [0.15, 0.2) is 12.6 Å². The van der Waals surface area contributed by atoms with E-state index in [0.29, 0.717) is 117 Å². The lowest BCUT2D eigenvalue weighted by atomic mass is 9.65. The minimum Gasteiger partial charge on any atom is -0.468 e. The number of ether oxygens (including phenoxy) is 4. The Kier molecular flexibility index (Phi) is 18.5. The SMILES string of the molecule is COCOc1cc(-c2ncc3c(N4CC5CCC(C4)N5C(=O)OC(C)(C)C)nc(OCC4(CN5CC6CC(C5)N6CC5CCC6(CC5)CCN(C(=O)c5ccc(Cl)c(N7CCC(=O)NC7=O)c5)CC6)CC4)nc3c2F)c2c(C#C[Si](C(C)C)(C(C)C)C(C)C)c(F)ccc2c1. The Bertz CT molecular complexity index is 3820. The van der Waals surface area contributed by atoms with Crippen LogP contribution in [0.4, 0.5) is 29.9 Å². The number of pyridine rings is 1. The average Bonchev–Trinajstić information content (AvgIpc) is 1.75. The van der Waals surface area contributed by atoms with Crippen LogP contribution in [-0.2, 0) is 14.3 Å². The molecule has 9 heterocycles. The number of rotatable bonds is 17. The van der Waals surface area contributed by atoms with Crippen molar-refractivity contribution in [2.45, 2.75) is 186 Å². The normalized spacial score (nSPS) is 23.0. The van der Waals surface area contributed by atoms with Crippen LogP contribution in [0, 0.1) is 39.8 Å². The lowest BCUT2D eigenvalue weighted by Crippen LogP contribution is -2.69. The zero-order valence-corrected chi connectivity index (χ0v) is 58.7. The maximum Gasteiger partial charge on any atom is 0.410 e. The van der Waals surface area contributed by atoms with E-state index in [2.05, 4.69) is 73.0 Å². The number of piperazine rings is 2. The number of carbonyl (C=O) groups is 4. The van der Waals surface area contributed by atoms with E-state index < -0.39 is 31.3 Å². The summed E-state index contributed by atoms with van der Waals surface area (Å²) in [5, 5.41) is 4.13. The number of nitrogens with one attached hydrogen (secondary N) is 1. The van der Waals surface area contributed by atoms with Crippen LogP contribution in [0.2, 0.25) is 21.6 Å². The van der Waals surface area contributed by atoms with Gasteiger partial charge >= 0.3 is 18.1 Å². The Morgan fingerprint density at radius 3 is 2.17 bits per heavy atom. The molecule has 0 radical (unpaired) electrons. The van der Waals surface area contributed by atoms with Gasteiger partial charge in [-0.05, 0) is 161 Å². The highest BCUT2D eigenvalue weighted by Gasteiger charge is 2.52. The van der Waals surface area contributed by atoms with Gasteiger partial charge < -0.3 is 28.7 Å². The van der Waals surface area contributed by atoms with Crippen molar-refractivity contribution in [3.63, 3.8) is 0 Å². The van der Waals surface area contributed by atoms with Gasteiger partial charge in [-0.25, -0.2) is 18.4 Å². The van der Waals surface area contributed by atoms with E-state index in [4.69, 9.17) is 45.5 Å². The molecule has 2 aliphatic carbocycles. The van der Waals surface area contributed by atoms with Crippen LogP contribution in [0.25, 0.3) is 32.9 Å². The first-order valence-electron chi connectivity index (χ1n) is 34.7. The molecule has 18 nitrogen and oxygen atoms in total. The summed E-state index contributed by atoms with van der Waals surface area (Å²) in [5.74, 6) is 3.29. The van der Waals surface area contributed by atoms with Crippen molar-refractivity contribution in [2.75, 3.05) is 89.2 Å². The van der Waals surface area contributed by atoms with Crippen molar-refractivity contribution in [1.82, 2.24) is 39.9 Å². The highest BCUT2D eigenvalue weighted by molar-refractivity contribution is 6.90. The first kappa shape index (κ1) is 66.9. The zero-order chi connectivity index (χ0) is 67.0. The molecule has 9 aliphatic rings. The molecular formula is C73H93ClF2N10O8Si. The predicted octanol–water partition coefficient (Wildman–Crippen LogP) is 13.4. The molecule has 4 atom stereocenters. The third-order valence-electron chi connectivity index (χ3n) is 22.7. The highest BCUT2D eigenvalue weighted by atomic mass is 35.5. The van der Waals surface area contributed by atoms with Gasteiger partial charge in [0, 0.05) is 113 Å². The number of methoxy groups -OCH3 is 1. The number of urea groups is 1. The fourth-order valence-electron chi connectivity index (χ4n) is 17.4. The van der Waals surface area contributed by atoms with E-state index in [9.17, 15) is 19.2 Å². The van der Waals surface area contributed by atoms with E-state index in [0.717, 1.165) is 64.7 Å². The summed E-state index contributed by atoms with van der Waals surface area (Å²) in [7, 11) is -0.832. The molecule has 1 spiro atoms. The first-order valence-corrected chi connectivity index (χ1v) is 37.3. The van der Waals surface area contributed by atoms with Gasteiger partial charge in [-0.3, -0.25) is 39.5 Å². The van der Waals surface area contributed by atoms with Crippen LogP contribution in [0.15, 0.2) is 48.7 Å². The molecule has 7 aliphatic heterocycles. The summed E-state index contributed by atoms with van der Waals surface area (Å²) in [6, 6.07) is 11.9.